The Bertz CT molecular complexity index is 1170. The van der Waals surface area contributed by atoms with Crippen LogP contribution in [0.5, 0.6) is 0 Å². The number of hydrogen-bond acceptors (Lipinski definition) is 5. The summed E-state index contributed by atoms with van der Waals surface area (Å²) in [4.78, 5) is 16.9. The summed E-state index contributed by atoms with van der Waals surface area (Å²) in [7, 11) is -3.68. The van der Waals surface area contributed by atoms with Crippen LogP contribution in [0.2, 0.25) is 5.02 Å². The SMILES string of the molecule is O=c1n(Cc2cccnc2)nc2n1CCC(NS(=O)(=O)c1cccc(Cl)c1)CC2. The predicted molar refractivity (Wildman–Crippen MR) is 108 cm³/mol. The van der Waals surface area contributed by atoms with E-state index in [0.717, 1.165) is 5.56 Å². The maximum Gasteiger partial charge on any atom is 0.346 e. The molecule has 0 bridgehead atoms. The molecule has 1 N–H and O–H groups in total. The van der Waals surface area contributed by atoms with Crippen LogP contribution in [-0.4, -0.2) is 33.8 Å². The highest BCUT2D eigenvalue weighted by Gasteiger charge is 2.25. The number of aryl methyl sites for hydroxylation is 1. The Labute approximate surface area is 173 Å². The first-order valence-corrected chi connectivity index (χ1v) is 11.1. The number of sulfonamides is 1. The minimum Gasteiger partial charge on any atom is -0.279 e. The van der Waals surface area contributed by atoms with Crippen molar-refractivity contribution in [3.05, 3.63) is 75.7 Å². The summed E-state index contributed by atoms with van der Waals surface area (Å²) in [6, 6.07) is 9.58. The Morgan fingerprint density at radius 1 is 1.21 bits per heavy atom. The molecule has 2 aromatic heterocycles. The minimum absolute atomic E-state index is 0.130. The van der Waals surface area contributed by atoms with E-state index < -0.39 is 10.0 Å². The molecule has 1 aromatic carbocycles. The van der Waals surface area contributed by atoms with Gasteiger partial charge in [-0.2, -0.15) is 5.10 Å². The summed E-state index contributed by atoms with van der Waals surface area (Å²) >= 11 is 5.91. The fraction of sp³-hybridized carbons (Fsp3) is 0.316. The molecule has 0 spiro atoms. The quantitative estimate of drug-likeness (QED) is 0.661. The molecular formula is C19H20ClN5O3S. The first-order chi connectivity index (χ1) is 13.9. The summed E-state index contributed by atoms with van der Waals surface area (Å²) in [6.07, 6.45) is 4.96. The van der Waals surface area contributed by atoms with E-state index in [-0.39, 0.29) is 16.6 Å². The Morgan fingerprint density at radius 2 is 2.07 bits per heavy atom. The lowest BCUT2D eigenvalue weighted by molar-refractivity contribution is 0.488. The third-order valence-electron chi connectivity index (χ3n) is 4.90. The van der Waals surface area contributed by atoms with E-state index in [2.05, 4.69) is 14.8 Å². The lowest BCUT2D eigenvalue weighted by atomic mass is 10.1. The monoisotopic (exact) mass is 433 g/mol. The Kier molecular flexibility index (Phi) is 5.53. The number of fused-ring (bicyclic) bond motifs is 1. The second-order valence-electron chi connectivity index (χ2n) is 6.97. The molecule has 0 radical (unpaired) electrons. The van der Waals surface area contributed by atoms with Gasteiger partial charge in [-0.05, 0) is 42.7 Å². The van der Waals surface area contributed by atoms with Crippen molar-refractivity contribution in [1.82, 2.24) is 24.1 Å². The lowest BCUT2D eigenvalue weighted by Gasteiger charge is -2.16. The highest BCUT2D eigenvalue weighted by Crippen LogP contribution is 2.18. The normalized spacial score (nSPS) is 16.9. The van der Waals surface area contributed by atoms with Crippen molar-refractivity contribution in [2.45, 2.75) is 43.3 Å². The van der Waals surface area contributed by atoms with Crippen molar-refractivity contribution in [2.24, 2.45) is 0 Å². The topological polar surface area (TPSA) is 98.9 Å². The van der Waals surface area contributed by atoms with Gasteiger partial charge in [0.15, 0.2) is 0 Å². The molecule has 8 nitrogen and oxygen atoms in total. The van der Waals surface area contributed by atoms with Gasteiger partial charge in [-0.25, -0.2) is 22.6 Å². The molecule has 0 aliphatic carbocycles. The van der Waals surface area contributed by atoms with E-state index in [0.29, 0.717) is 43.2 Å². The van der Waals surface area contributed by atoms with Crippen molar-refractivity contribution >= 4 is 21.6 Å². The fourth-order valence-electron chi connectivity index (χ4n) is 3.44. The summed E-state index contributed by atoms with van der Waals surface area (Å²) in [5, 5.41) is 4.81. The summed E-state index contributed by atoms with van der Waals surface area (Å²) in [6.45, 7) is 0.765. The van der Waals surface area contributed by atoms with Crippen molar-refractivity contribution in [3.8, 4) is 0 Å². The standard InChI is InChI=1S/C19H20ClN5O3S/c20-15-4-1-5-17(11-15)29(27,28)23-16-6-7-18-22-25(19(26)24(18)10-8-16)13-14-3-2-9-21-12-14/h1-5,9,11-12,16,23H,6-8,10,13H2. The van der Waals surface area contributed by atoms with E-state index in [4.69, 9.17) is 11.6 Å². The maximum atomic E-state index is 12.7. The zero-order chi connectivity index (χ0) is 20.4. The van der Waals surface area contributed by atoms with Crippen molar-refractivity contribution in [2.75, 3.05) is 0 Å². The molecule has 0 saturated carbocycles. The highest BCUT2D eigenvalue weighted by molar-refractivity contribution is 7.89. The van der Waals surface area contributed by atoms with Crippen molar-refractivity contribution < 1.29 is 8.42 Å². The average Bonchev–Trinajstić information content (AvgIpc) is 2.86. The van der Waals surface area contributed by atoms with Gasteiger partial charge < -0.3 is 0 Å². The molecule has 29 heavy (non-hydrogen) atoms. The number of hydrogen-bond donors (Lipinski definition) is 1. The van der Waals surface area contributed by atoms with Crippen LogP contribution in [0.25, 0.3) is 0 Å². The smallest absolute Gasteiger partial charge is 0.279 e. The van der Waals surface area contributed by atoms with Gasteiger partial charge in [-0.15, -0.1) is 0 Å². The van der Waals surface area contributed by atoms with Gasteiger partial charge in [0.2, 0.25) is 10.0 Å². The van der Waals surface area contributed by atoms with Gasteiger partial charge in [0, 0.05) is 36.4 Å². The third kappa shape index (κ3) is 4.42. The second kappa shape index (κ2) is 8.10. The van der Waals surface area contributed by atoms with Crippen LogP contribution in [0.3, 0.4) is 0 Å². The molecule has 1 aliphatic heterocycles. The molecule has 3 aromatic rings. The van der Waals surface area contributed by atoms with Gasteiger partial charge in [0.25, 0.3) is 0 Å². The van der Waals surface area contributed by atoms with Crippen LogP contribution < -0.4 is 10.4 Å². The number of aromatic nitrogens is 4. The molecule has 3 heterocycles. The number of nitrogens with zero attached hydrogens (tertiary/aromatic N) is 4. The molecule has 10 heteroatoms. The van der Waals surface area contributed by atoms with Crippen LogP contribution >= 0.6 is 11.6 Å². The van der Waals surface area contributed by atoms with E-state index >= 15 is 0 Å². The van der Waals surface area contributed by atoms with Crippen LogP contribution in [0.15, 0.2) is 58.5 Å². The summed E-state index contributed by atoms with van der Waals surface area (Å²) < 4.78 is 31.1. The summed E-state index contributed by atoms with van der Waals surface area (Å²) in [5.74, 6) is 0.670. The van der Waals surface area contributed by atoms with E-state index in [9.17, 15) is 13.2 Å². The van der Waals surface area contributed by atoms with Crippen LogP contribution in [0, 0.1) is 0 Å². The van der Waals surface area contributed by atoms with E-state index in [1.54, 1.807) is 29.1 Å². The minimum atomic E-state index is -3.68. The first-order valence-electron chi connectivity index (χ1n) is 9.26. The van der Waals surface area contributed by atoms with Crippen LogP contribution in [0.4, 0.5) is 0 Å². The zero-order valence-electron chi connectivity index (χ0n) is 15.5. The highest BCUT2D eigenvalue weighted by atomic mass is 35.5. The first kappa shape index (κ1) is 19.8. The molecule has 0 fully saturated rings. The molecular weight excluding hydrogens is 414 g/mol. The Balaban J connectivity index is 1.47. The predicted octanol–water partition coefficient (Wildman–Crippen LogP) is 1.82. The number of benzene rings is 1. The molecule has 1 atom stereocenters. The number of halogens is 1. The average molecular weight is 434 g/mol. The number of nitrogens with one attached hydrogen (secondary N) is 1. The summed E-state index contributed by atoms with van der Waals surface area (Å²) in [5.41, 5.74) is 0.706. The van der Waals surface area contributed by atoms with Gasteiger partial charge in [-0.3, -0.25) is 9.55 Å². The molecule has 4 rings (SSSR count). The van der Waals surface area contributed by atoms with Gasteiger partial charge >= 0.3 is 5.69 Å². The Morgan fingerprint density at radius 3 is 2.83 bits per heavy atom. The molecule has 152 valence electrons. The van der Waals surface area contributed by atoms with E-state index in [1.807, 2.05) is 12.1 Å². The van der Waals surface area contributed by atoms with Crippen LogP contribution in [-0.2, 0) is 29.5 Å². The second-order valence-corrected chi connectivity index (χ2v) is 9.12. The van der Waals surface area contributed by atoms with Crippen molar-refractivity contribution in [3.63, 3.8) is 0 Å². The number of rotatable bonds is 5. The van der Waals surface area contributed by atoms with Gasteiger partial charge in [-0.1, -0.05) is 23.7 Å². The zero-order valence-corrected chi connectivity index (χ0v) is 17.1. The molecule has 0 saturated heterocycles. The molecule has 1 aliphatic rings. The number of pyridine rings is 1. The Hall–Kier alpha value is -2.49. The van der Waals surface area contributed by atoms with E-state index in [1.165, 1.54) is 16.8 Å². The third-order valence-corrected chi connectivity index (χ3v) is 6.65. The molecule has 0 amide bonds. The van der Waals surface area contributed by atoms with Crippen molar-refractivity contribution in [1.29, 1.82) is 0 Å². The van der Waals surface area contributed by atoms with Gasteiger partial charge in [0.1, 0.15) is 5.82 Å². The fourth-order valence-corrected chi connectivity index (χ4v) is 5.04. The largest absolute Gasteiger partial charge is 0.346 e. The van der Waals surface area contributed by atoms with Crippen LogP contribution in [0.1, 0.15) is 24.2 Å². The van der Waals surface area contributed by atoms with Gasteiger partial charge in [0.05, 0.1) is 11.4 Å². The maximum absolute atomic E-state index is 12.7. The lowest BCUT2D eigenvalue weighted by Crippen LogP contribution is -2.35. The molecule has 1 unspecified atom stereocenters.